The second-order valence-electron chi connectivity index (χ2n) is 2.67. The van der Waals surface area contributed by atoms with E-state index in [0.717, 1.165) is 26.2 Å². The first-order valence-corrected chi connectivity index (χ1v) is 3.94. The molecule has 67 valence electrons. The minimum atomic E-state index is 0. The molecule has 0 spiro atoms. The molecular formula is C7H16AmN3-. The molecular weight excluding hydrogens is 369 g/mol. The van der Waals surface area contributed by atoms with Gasteiger partial charge >= 0.3 is 0 Å². The van der Waals surface area contributed by atoms with E-state index in [9.17, 15) is 0 Å². The van der Waals surface area contributed by atoms with Crippen LogP contribution in [0.15, 0.2) is 0 Å². The molecule has 1 rings (SSSR count). The molecule has 2 N–H and O–H groups in total. The number of rotatable bonds is 4. The summed E-state index contributed by atoms with van der Waals surface area (Å²) in [6.45, 7) is 4.19. The Morgan fingerprint density at radius 3 is 2.82 bits per heavy atom. The second kappa shape index (κ2) is 6.95. The van der Waals surface area contributed by atoms with E-state index in [1.165, 1.54) is 6.42 Å². The van der Waals surface area contributed by atoms with Crippen LogP contribution in [-0.2, 0) is 0 Å². The molecule has 1 saturated heterocycles. The fourth-order valence-corrected chi connectivity index (χ4v) is 1.15. The van der Waals surface area contributed by atoms with E-state index in [2.05, 4.69) is 16.0 Å². The van der Waals surface area contributed by atoms with Gasteiger partial charge < -0.3 is 16.0 Å². The van der Waals surface area contributed by atoms with Gasteiger partial charge in [-0.25, -0.2) is 0 Å². The van der Waals surface area contributed by atoms with Crippen molar-refractivity contribution in [2.75, 3.05) is 33.2 Å². The summed E-state index contributed by atoms with van der Waals surface area (Å²) in [6, 6.07) is 0.661. The average Bonchev–Trinajstić information content (AvgIpc) is 2.41. The Kier molecular flexibility index (Phi) is 7.12. The van der Waals surface area contributed by atoms with Gasteiger partial charge in [0, 0.05) is 27.4 Å². The molecule has 1 radical (unpaired) electrons. The smallest absolute Gasteiger partial charge is 0.00784 e. The Morgan fingerprint density at radius 1 is 1.45 bits per heavy atom. The first-order valence-electron chi connectivity index (χ1n) is 3.94. The van der Waals surface area contributed by atoms with Gasteiger partial charge in [0.2, 0.25) is 0 Å². The van der Waals surface area contributed by atoms with Crippen molar-refractivity contribution in [1.29, 1.82) is 0 Å². The van der Waals surface area contributed by atoms with E-state index in [1.807, 2.05) is 7.05 Å². The third-order valence-corrected chi connectivity index (χ3v) is 1.79. The predicted molar refractivity (Wildman–Crippen MR) is 43.4 cm³/mol. The van der Waals surface area contributed by atoms with Crippen molar-refractivity contribution in [3.8, 4) is 0 Å². The summed E-state index contributed by atoms with van der Waals surface area (Å²) in [6.07, 6.45) is 1.23. The maximum absolute atomic E-state index is 4.26. The third-order valence-electron chi connectivity index (χ3n) is 1.79. The molecule has 4 heteroatoms. The summed E-state index contributed by atoms with van der Waals surface area (Å²) in [5, 5.41) is 10.8. The van der Waals surface area contributed by atoms with Crippen LogP contribution in [0.4, 0.5) is 0 Å². The van der Waals surface area contributed by atoms with Gasteiger partial charge in [-0.05, 0) is 13.1 Å². The zero-order valence-corrected chi connectivity index (χ0v) is 10.1. The van der Waals surface area contributed by atoms with Crippen LogP contribution < -0.4 is 10.6 Å². The first kappa shape index (κ1) is 11.3. The number of hydrogen-bond acceptors (Lipinski definition) is 2. The Hall–Kier alpha value is 0.270. The van der Waals surface area contributed by atoms with Crippen LogP contribution in [0.3, 0.4) is 0 Å². The number of nitrogens with zero attached hydrogens (tertiary/aromatic N) is 1. The number of nitrogens with one attached hydrogen (secondary N) is 2. The second-order valence-corrected chi connectivity index (χ2v) is 2.67. The SMILES string of the molecule is CNCCNC1CC[N-]C1.[Am]. The maximum atomic E-state index is 4.26. The monoisotopic (exact) mass is 383 g/mol. The third kappa shape index (κ3) is 4.67. The van der Waals surface area contributed by atoms with E-state index < -0.39 is 0 Å². The number of hydrogen-bond donors (Lipinski definition) is 2. The Morgan fingerprint density at radius 2 is 2.27 bits per heavy atom. The molecule has 1 aliphatic rings. The molecule has 0 amide bonds. The summed E-state index contributed by atoms with van der Waals surface area (Å²) in [4.78, 5) is 0. The topological polar surface area (TPSA) is 38.2 Å². The van der Waals surface area contributed by atoms with Crippen LogP contribution in [0.1, 0.15) is 6.42 Å². The van der Waals surface area contributed by atoms with Crippen molar-refractivity contribution >= 4 is 0 Å². The predicted octanol–water partition coefficient (Wildman–Crippen LogP) is -0.0586. The fourth-order valence-electron chi connectivity index (χ4n) is 1.15. The van der Waals surface area contributed by atoms with Crippen molar-refractivity contribution in [3.63, 3.8) is 0 Å². The fraction of sp³-hybridized carbons (Fsp3) is 1.00. The minimum Gasteiger partial charge on any atom is -0.661 e. The van der Waals surface area contributed by atoms with Crippen molar-refractivity contribution < 1.29 is 14.3 Å². The van der Waals surface area contributed by atoms with E-state index >= 15 is 0 Å². The van der Waals surface area contributed by atoms with Gasteiger partial charge in [0.25, 0.3) is 0 Å². The van der Waals surface area contributed by atoms with Gasteiger partial charge in [-0.3, -0.25) is 0 Å². The summed E-state index contributed by atoms with van der Waals surface area (Å²) >= 11 is 0. The van der Waals surface area contributed by atoms with Crippen LogP contribution >= 0.6 is 0 Å². The Bertz CT molecular complexity index is 83.8. The molecule has 1 unspecified atom stereocenters. The average molecular weight is 385 g/mol. The Balaban J connectivity index is 0.000001000. The van der Waals surface area contributed by atoms with Crippen LogP contribution in [0.5, 0.6) is 0 Å². The quantitative estimate of drug-likeness (QED) is 0.666. The molecule has 11 heavy (non-hydrogen) atoms. The van der Waals surface area contributed by atoms with E-state index in [1.54, 1.807) is 0 Å². The van der Waals surface area contributed by atoms with Gasteiger partial charge in [-0.2, -0.15) is 0 Å². The molecule has 0 aromatic carbocycles. The van der Waals surface area contributed by atoms with Gasteiger partial charge in [0.05, 0.1) is 0 Å². The zero-order valence-electron chi connectivity index (χ0n) is 6.94. The summed E-state index contributed by atoms with van der Waals surface area (Å²) in [5.74, 6) is 0. The molecule has 0 aliphatic carbocycles. The number of likely N-dealkylation sites (N-methyl/N-ethyl adjacent to an activating group) is 1. The van der Waals surface area contributed by atoms with Crippen LogP contribution in [0, 0.1) is 14.3 Å². The minimum absolute atomic E-state index is 0. The molecule has 1 atom stereocenters. The normalized spacial score (nSPS) is 23.2. The van der Waals surface area contributed by atoms with Gasteiger partial charge in [-0.15, -0.1) is 13.1 Å². The molecule has 3 nitrogen and oxygen atoms in total. The van der Waals surface area contributed by atoms with Gasteiger partial charge in [-0.1, -0.05) is 6.42 Å². The van der Waals surface area contributed by atoms with E-state index in [-0.39, 0.29) is 14.3 Å². The van der Waals surface area contributed by atoms with Gasteiger partial charge in [0.1, 0.15) is 0 Å². The standard InChI is InChI=1S/C7H16N3.Am/c1-8-4-5-10-7-2-3-9-6-7;/h7-8,10H,2-6H2,1H3;/q-1;. The molecule has 0 aromatic heterocycles. The molecule has 0 aromatic rings. The van der Waals surface area contributed by atoms with E-state index in [0.29, 0.717) is 6.04 Å². The maximum Gasteiger partial charge on any atom is 0.00784 e. The Labute approximate surface area is 76.5 Å². The molecule has 1 heterocycles. The summed E-state index contributed by atoms with van der Waals surface area (Å²) < 4.78 is 0. The molecule has 1 aliphatic heterocycles. The van der Waals surface area contributed by atoms with Crippen LogP contribution in [0.25, 0.3) is 5.32 Å². The summed E-state index contributed by atoms with van der Waals surface area (Å²) in [7, 11) is 1.97. The van der Waals surface area contributed by atoms with Crippen molar-refractivity contribution in [3.05, 3.63) is 5.32 Å². The van der Waals surface area contributed by atoms with Gasteiger partial charge in [0.15, 0.2) is 0 Å². The van der Waals surface area contributed by atoms with Crippen molar-refractivity contribution in [2.24, 2.45) is 0 Å². The van der Waals surface area contributed by atoms with Crippen LogP contribution in [0.2, 0.25) is 0 Å². The largest absolute Gasteiger partial charge is 0.661 e. The molecule has 0 bridgehead atoms. The first-order chi connectivity index (χ1) is 4.93. The van der Waals surface area contributed by atoms with Crippen molar-refractivity contribution in [1.82, 2.24) is 10.6 Å². The summed E-state index contributed by atoms with van der Waals surface area (Å²) in [5.41, 5.74) is 0. The molecule has 1 fully saturated rings. The molecule has 0 saturated carbocycles. The zero-order chi connectivity index (χ0) is 7.23. The van der Waals surface area contributed by atoms with Crippen LogP contribution in [-0.4, -0.2) is 39.3 Å². The van der Waals surface area contributed by atoms with E-state index in [4.69, 9.17) is 0 Å². The van der Waals surface area contributed by atoms with Crippen molar-refractivity contribution in [2.45, 2.75) is 12.5 Å².